The van der Waals surface area contributed by atoms with Gasteiger partial charge in [-0.3, -0.25) is 18.6 Å². The molecule has 0 rings (SSSR count). The first-order chi connectivity index (χ1) is 23.2. The zero-order valence-electron chi connectivity index (χ0n) is 29.7. The largest absolute Gasteiger partial charge is 0.472 e. The van der Waals surface area contributed by atoms with Gasteiger partial charge in [-0.1, -0.05) is 114 Å². The van der Waals surface area contributed by atoms with E-state index in [0.717, 1.165) is 57.8 Å². The minimum absolute atomic E-state index is 0.0735. The highest BCUT2D eigenvalue weighted by molar-refractivity contribution is 7.47. The molecule has 10 nitrogen and oxygen atoms in total. The molecule has 0 bridgehead atoms. The maximum atomic E-state index is 12.5. The lowest BCUT2D eigenvalue weighted by Crippen LogP contribution is -2.29. The molecule has 0 spiro atoms. The van der Waals surface area contributed by atoms with Crippen molar-refractivity contribution in [2.75, 3.05) is 26.4 Å². The number of rotatable bonds is 33. The Balaban J connectivity index is 4.52. The molecule has 0 radical (unpaired) electrons. The monoisotopic (exact) mass is 700 g/mol. The van der Waals surface area contributed by atoms with E-state index in [4.69, 9.17) is 19.1 Å². The van der Waals surface area contributed by atoms with Crippen LogP contribution < -0.4 is 0 Å². The predicted octanol–water partition coefficient (Wildman–Crippen LogP) is 8.60. The van der Waals surface area contributed by atoms with Gasteiger partial charge < -0.3 is 24.6 Å². The molecular weight excluding hydrogens is 635 g/mol. The summed E-state index contributed by atoms with van der Waals surface area (Å²) in [6, 6.07) is 0. The molecule has 3 N–H and O–H groups in total. The van der Waals surface area contributed by atoms with Gasteiger partial charge >= 0.3 is 19.8 Å². The molecule has 0 aliphatic rings. The Bertz CT molecular complexity index is 946. The number of hydrogen-bond acceptors (Lipinski definition) is 9. The minimum Gasteiger partial charge on any atom is -0.462 e. The number of carbonyl (C=O) groups excluding carboxylic acids is 2. The summed E-state index contributed by atoms with van der Waals surface area (Å²) in [4.78, 5) is 34.7. The number of aliphatic hydroxyl groups is 2. The standard InChI is InChI=1S/C37H65O10P/c1-3-5-7-9-11-13-15-17-19-21-23-25-27-29-37(41)47-35(33-46-48(42,43)45-31-34(39)30-38)32-44-36(40)28-26-24-22-20-18-16-14-12-10-8-6-4-2/h6,8,12,14,17,19,23,25,34-35,38-39H,3-5,7,9-11,13,15-16,18,20-22,24,26-33H2,1-2H3,(H,42,43)/b8-6+,14-12+,19-17+,25-23+/t34-,35?/m0/s1. The lowest BCUT2D eigenvalue weighted by molar-refractivity contribution is -0.161. The number of ether oxygens (including phenoxy) is 2. The first-order valence-electron chi connectivity index (χ1n) is 18.1. The van der Waals surface area contributed by atoms with Crippen molar-refractivity contribution in [3.05, 3.63) is 48.6 Å². The van der Waals surface area contributed by atoms with Gasteiger partial charge in [0, 0.05) is 12.8 Å². The van der Waals surface area contributed by atoms with Crippen LogP contribution in [0.5, 0.6) is 0 Å². The van der Waals surface area contributed by atoms with E-state index >= 15 is 0 Å². The molecule has 0 aromatic rings. The Kier molecular flexibility index (Phi) is 32.0. The van der Waals surface area contributed by atoms with Crippen molar-refractivity contribution in [2.24, 2.45) is 0 Å². The van der Waals surface area contributed by atoms with Gasteiger partial charge in [0.2, 0.25) is 0 Å². The molecular formula is C37H65O10P. The number of unbranched alkanes of at least 4 members (excludes halogenated alkanes) is 11. The van der Waals surface area contributed by atoms with E-state index in [1.807, 2.05) is 12.2 Å². The highest BCUT2D eigenvalue weighted by Crippen LogP contribution is 2.43. The number of phosphoric acid groups is 1. The van der Waals surface area contributed by atoms with Crippen LogP contribution in [0.1, 0.15) is 136 Å². The number of carbonyl (C=O) groups is 2. The fourth-order valence-electron chi connectivity index (χ4n) is 4.43. The van der Waals surface area contributed by atoms with Crippen molar-refractivity contribution >= 4 is 19.8 Å². The van der Waals surface area contributed by atoms with Crippen molar-refractivity contribution in [3.63, 3.8) is 0 Å². The molecule has 48 heavy (non-hydrogen) atoms. The third-order valence-electron chi connectivity index (χ3n) is 7.23. The Morgan fingerprint density at radius 2 is 1.19 bits per heavy atom. The molecule has 0 saturated carbocycles. The topological polar surface area (TPSA) is 149 Å². The molecule has 2 unspecified atom stereocenters. The third kappa shape index (κ3) is 32.5. The number of phosphoric ester groups is 1. The highest BCUT2D eigenvalue weighted by Gasteiger charge is 2.27. The zero-order chi connectivity index (χ0) is 35.6. The van der Waals surface area contributed by atoms with Crippen LogP contribution in [0.2, 0.25) is 0 Å². The molecule has 278 valence electrons. The molecule has 0 aliphatic carbocycles. The Hall–Kier alpha value is -2.07. The molecule has 11 heteroatoms. The van der Waals surface area contributed by atoms with Gasteiger partial charge in [-0.25, -0.2) is 4.57 Å². The van der Waals surface area contributed by atoms with Crippen LogP contribution in [-0.4, -0.2) is 65.7 Å². The summed E-state index contributed by atoms with van der Waals surface area (Å²) in [5, 5.41) is 18.2. The summed E-state index contributed by atoms with van der Waals surface area (Å²) in [6.45, 7) is 2.14. The second-order valence-electron chi connectivity index (χ2n) is 11.9. The molecule has 0 aromatic heterocycles. The summed E-state index contributed by atoms with van der Waals surface area (Å²) in [7, 11) is -4.63. The van der Waals surface area contributed by atoms with Crippen molar-refractivity contribution in [1.29, 1.82) is 0 Å². The number of esters is 2. The molecule has 0 fully saturated rings. The molecule has 0 heterocycles. The quantitative estimate of drug-likeness (QED) is 0.0263. The fraction of sp³-hybridized carbons (Fsp3) is 0.730. The van der Waals surface area contributed by atoms with Crippen molar-refractivity contribution in [1.82, 2.24) is 0 Å². The molecule has 3 atom stereocenters. The van der Waals surface area contributed by atoms with Crippen molar-refractivity contribution in [2.45, 2.75) is 148 Å². The summed E-state index contributed by atoms with van der Waals surface area (Å²) in [6.07, 6.45) is 32.5. The van der Waals surface area contributed by atoms with Crippen LogP contribution in [0.4, 0.5) is 0 Å². The summed E-state index contributed by atoms with van der Waals surface area (Å²) in [5.41, 5.74) is 0. The van der Waals surface area contributed by atoms with Gasteiger partial charge in [-0.2, -0.15) is 0 Å². The average molecular weight is 701 g/mol. The number of hydrogen-bond donors (Lipinski definition) is 3. The van der Waals surface area contributed by atoms with E-state index in [9.17, 15) is 24.2 Å². The molecule has 0 saturated heterocycles. The van der Waals surface area contributed by atoms with Gasteiger partial charge in [0.1, 0.15) is 12.7 Å². The first-order valence-corrected chi connectivity index (χ1v) is 19.6. The average Bonchev–Trinajstić information content (AvgIpc) is 3.07. The normalized spacial score (nSPS) is 14.7. The summed E-state index contributed by atoms with van der Waals surface area (Å²) >= 11 is 0. The highest BCUT2D eigenvalue weighted by atomic mass is 31.2. The maximum absolute atomic E-state index is 12.5. The molecule has 0 aliphatic heterocycles. The molecule has 0 amide bonds. The van der Waals surface area contributed by atoms with Crippen LogP contribution in [0.15, 0.2) is 48.6 Å². The lowest BCUT2D eigenvalue weighted by atomic mass is 10.1. The van der Waals surface area contributed by atoms with Crippen LogP contribution in [0.3, 0.4) is 0 Å². The first kappa shape index (κ1) is 45.9. The van der Waals surface area contributed by atoms with E-state index in [2.05, 4.69) is 54.8 Å². The van der Waals surface area contributed by atoms with Gasteiger partial charge in [-0.15, -0.1) is 0 Å². The number of allylic oxidation sites excluding steroid dienone is 8. The molecule has 0 aromatic carbocycles. The van der Waals surface area contributed by atoms with Crippen LogP contribution in [-0.2, 0) is 32.7 Å². The number of aliphatic hydroxyl groups excluding tert-OH is 2. The Morgan fingerprint density at radius 1 is 0.646 bits per heavy atom. The van der Waals surface area contributed by atoms with E-state index in [0.29, 0.717) is 12.8 Å². The van der Waals surface area contributed by atoms with Gasteiger partial charge in [0.25, 0.3) is 0 Å². The van der Waals surface area contributed by atoms with Crippen LogP contribution >= 0.6 is 7.82 Å². The lowest BCUT2D eigenvalue weighted by Gasteiger charge is -2.20. The SMILES string of the molecule is CC/C=C/C/C=C/CCCCCCCC(=O)OCC(COP(=O)(O)OC[C@@H](O)CO)OC(=O)CC/C=C/C/C=C/CCCCCCCC. The minimum atomic E-state index is -4.63. The van der Waals surface area contributed by atoms with E-state index in [1.165, 1.54) is 38.5 Å². The summed E-state index contributed by atoms with van der Waals surface area (Å²) in [5.74, 6) is -1.03. The van der Waals surface area contributed by atoms with Crippen LogP contribution in [0, 0.1) is 0 Å². The van der Waals surface area contributed by atoms with Crippen molar-refractivity contribution in [3.8, 4) is 0 Å². The van der Waals surface area contributed by atoms with E-state index < -0.39 is 51.8 Å². The smallest absolute Gasteiger partial charge is 0.462 e. The van der Waals surface area contributed by atoms with Crippen LogP contribution in [0.25, 0.3) is 0 Å². The van der Waals surface area contributed by atoms with Gasteiger partial charge in [-0.05, 0) is 57.8 Å². The summed E-state index contributed by atoms with van der Waals surface area (Å²) < 4.78 is 32.4. The van der Waals surface area contributed by atoms with Gasteiger partial charge in [0.05, 0.1) is 19.8 Å². The third-order valence-corrected chi connectivity index (χ3v) is 8.18. The maximum Gasteiger partial charge on any atom is 0.472 e. The Labute approximate surface area is 290 Å². The zero-order valence-corrected chi connectivity index (χ0v) is 30.6. The van der Waals surface area contributed by atoms with E-state index in [-0.39, 0.29) is 19.4 Å². The Morgan fingerprint density at radius 3 is 1.79 bits per heavy atom. The fourth-order valence-corrected chi connectivity index (χ4v) is 5.22. The second kappa shape index (κ2) is 33.4. The van der Waals surface area contributed by atoms with E-state index in [1.54, 1.807) is 0 Å². The van der Waals surface area contributed by atoms with Crippen molar-refractivity contribution < 1.29 is 47.8 Å². The second-order valence-corrected chi connectivity index (χ2v) is 13.3. The predicted molar refractivity (Wildman–Crippen MR) is 191 cm³/mol. The van der Waals surface area contributed by atoms with Gasteiger partial charge in [0.15, 0.2) is 6.10 Å².